The number of rotatable bonds is 11. The minimum Gasteiger partial charge on any atom is -0.382 e. The van der Waals surface area contributed by atoms with Crippen molar-refractivity contribution in [1.82, 2.24) is 10.0 Å². The van der Waals surface area contributed by atoms with Gasteiger partial charge in [-0.2, -0.15) is 0 Å². The third-order valence-electron chi connectivity index (χ3n) is 3.30. The molecule has 0 aromatic carbocycles. The Balaban J connectivity index is 2.01. The molecule has 1 aliphatic rings. The minimum absolute atomic E-state index is 0.110. The normalized spacial score (nSPS) is 20.1. The van der Waals surface area contributed by atoms with Crippen molar-refractivity contribution in [2.24, 2.45) is 0 Å². The van der Waals surface area contributed by atoms with Crippen LogP contribution in [-0.4, -0.2) is 60.2 Å². The van der Waals surface area contributed by atoms with Gasteiger partial charge in [0.15, 0.2) is 0 Å². The summed E-state index contributed by atoms with van der Waals surface area (Å²) < 4.78 is 36.6. The zero-order chi connectivity index (χ0) is 14.7. The first-order valence-corrected chi connectivity index (χ1v) is 9.06. The fourth-order valence-electron chi connectivity index (χ4n) is 2.19. The highest BCUT2D eigenvalue weighted by Crippen LogP contribution is 2.08. The summed E-state index contributed by atoms with van der Waals surface area (Å²) in [4.78, 5) is 0. The Morgan fingerprint density at radius 2 is 2.05 bits per heavy atom. The third-order valence-corrected chi connectivity index (χ3v) is 4.79. The lowest BCUT2D eigenvalue weighted by Gasteiger charge is -2.23. The van der Waals surface area contributed by atoms with Crippen molar-refractivity contribution in [3.63, 3.8) is 0 Å². The molecular formula is C13H28N2O4S. The molecule has 1 unspecified atom stereocenters. The van der Waals surface area contributed by atoms with Gasteiger partial charge in [-0.25, -0.2) is 13.1 Å². The predicted molar refractivity (Wildman–Crippen MR) is 79.4 cm³/mol. The van der Waals surface area contributed by atoms with Gasteiger partial charge in [-0.05, 0) is 32.2 Å². The smallest absolute Gasteiger partial charge is 0.213 e. The molecule has 0 bridgehead atoms. The van der Waals surface area contributed by atoms with E-state index in [0.717, 1.165) is 38.6 Å². The Morgan fingerprint density at radius 3 is 2.75 bits per heavy atom. The second-order valence-corrected chi connectivity index (χ2v) is 6.99. The molecule has 1 aliphatic heterocycles. The molecule has 7 heteroatoms. The molecule has 6 nitrogen and oxygen atoms in total. The Bertz CT molecular complexity index is 329. The SMILES string of the molecule is COCCOCCCCNS(=O)(=O)CC1CCCCN1. The van der Waals surface area contributed by atoms with E-state index in [-0.39, 0.29) is 11.8 Å². The fraction of sp³-hybridized carbons (Fsp3) is 1.00. The van der Waals surface area contributed by atoms with E-state index in [1.165, 1.54) is 0 Å². The van der Waals surface area contributed by atoms with Crippen LogP contribution in [0.3, 0.4) is 0 Å². The van der Waals surface area contributed by atoms with E-state index in [1.54, 1.807) is 7.11 Å². The van der Waals surface area contributed by atoms with Gasteiger partial charge in [0.2, 0.25) is 10.0 Å². The van der Waals surface area contributed by atoms with E-state index in [2.05, 4.69) is 10.0 Å². The number of piperidine rings is 1. The number of nitrogens with one attached hydrogen (secondary N) is 2. The maximum Gasteiger partial charge on any atom is 0.213 e. The molecule has 0 spiro atoms. The second-order valence-electron chi connectivity index (χ2n) is 5.13. The zero-order valence-corrected chi connectivity index (χ0v) is 13.2. The summed E-state index contributed by atoms with van der Waals surface area (Å²) >= 11 is 0. The van der Waals surface area contributed by atoms with Gasteiger partial charge in [0.05, 0.1) is 19.0 Å². The van der Waals surface area contributed by atoms with Gasteiger partial charge >= 0.3 is 0 Å². The quantitative estimate of drug-likeness (QED) is 0.543. The first-order chi connectivity index (χ1) is 9.64. The van der Waals surface area contributed by atoms with E-state index in [9.17, 15) is 8.42 Å². The first kappa shape index (κ1) is 17.8. The number of hydrogen-bond donors (Lipinski definition) is 2. The van der Waals surface area contributed by atoms with Crippen molar-refractivity contribution in [2.45, 2.75) is 38.1 Å². The monoisotopic (exact) mass is 308 g/mol. The van der Waals surface area contributed by atoms with Gasteiger partial charge in [-0.1, -0.05) is 6.42 Å². The third kappa shape index (κ3) is 8.86. The van der Waals surface area contributed by atoms with Crippen molar-refractivity contribution >= 4 is 10.0 Å². The van der Waals surface area contributed by atoms with Crippen LogP contribution in [0.15, 0.2) is 0 Å². The van der Waals surface area contributed by atoms with Crippen molar-refractivity contribution < 1.29 is 17.9 Å². The van der Waals surface area contributed by atoms with Crippen LogP contribution in [0.4, 0.5) is 0 Å². The minimum atomic E-state index is -3.16. The predicted octanol–water partition coefficient (Wildman–Crippen LogP) is 0.491. The summed E-state index contributed by atoms with van der Waals surface area (Å²) in [6.07, 6.45) is 4.87. The molecule has 1 rings (SSSR count). The van der Waals surface area contributed by atoms with Crippen LogP contribution in [0, 0.1) is 0 Å². The van der Waals surface area contributed by atoms with Crippen LogP contribution in [0.2, 0.25) is 0 Å². The summed E-state index contributed by atoms with van der Waals surface area (Å²) in [5.74, 6) is 0.192. The second kappa shape index (κ2) is 10.5. The molecule has 1 saturated heterocycles. The number of hydrogen-bond acceptors (Lipinski definition) is 5. The molecule has 0 saturated carbocycles. The van der Waals surface area contributed by atoms with Crippen molar-refractivity contribution in [3.05, 3.63) is 0 Å². The molecule has 120 valence electrons. The molecule has 0 aromatic rings. The van der Waals surface area contributed by atoms with Crippen LogP contribution >= 0.6 is 0 Å². The van der Waals surface area contributed by atoms with E-state index < -0.39 is 10.0 Å². The summed E-state index contributed by atoms with van der Waals surface area (Å²) in [6, 6.07) is 0.110. The number of ether oxygens (including phenoxy) is 2. The Morgan fingerprint density at radius 1 is 1.20 bits per heavy atom. The lowest BCUT2D eigenvalue weighted by molar-refractivity contribution is 0.0689. The maximum atomic E-state index is 11.9. The molecule has 1 fully saturated rings. The Kier molecular flexibility index (Phi) is 9.37. The van der Waals surface area contributed by atoms with Crippen LogP contribution in [0.1, 0.15) is 32.1 Å². The molecular weight excluding hydrogens is 280 g/mol. The largest absolute Gasteiger partial charge is 0.382 e. The van der Waals surface area contributed by atoms with E-state index in [1.807, 2.05) is 0 Å². The summed E-state index contributed by atoms with van der Waals surface area (Å²) in [5, 5.41) is 3.25. The van der Waals surface area contributed by atoms with Crippen LogP contribution in [0.5, 0.6) is 0 Å². The van der Waals surface area contributed by atoms with E-state index in [4.69, 9.17) is 9.47 Å². The molecule has 1 heterocycles. The van der Waals surface area contributed by atoms with E-state index in [0.29, 0.717) is 26.4 Å². The Labute approximate surface area is 122 Å². The van der Waals surface area contributed by atoms with Crippen LogP contribution in [-0.2, 0) is 19.5 Å². The summed E-state index contributed by atoms with van der Waals surface area (Å²) in [5.41, 5.74) is 0. The van der Waals surface area contributed by atoms with Crippen molar-refractivity contribution in [1.29, 1.82) is 0 Å². The van der Waals surface area contributed by atoms with Gasteiger partial charge in [-0.15, -0.1) is 0 Å². The van der Waals surface area contributed by atoms with Crippen LogP contribution < -0.4 is 10.0 Å². The van der Waals surface area contributed by atoms with Gasteiger partial charge in [0.1, 0.15) is 0 Å². The lowest BCUT2D eigenvalue weighted by Crippen LogP contribution is -2.42. The van der Waals surface area contributed by atoms with Crippen molar-refractivity contribution in [3.8, 4) is 0 Å². The number of unbranched alkanes of at least 4 members (excludes halogenated alkanes) is 1. The highest BCUT2D eigenvalue weighted by atomic mass is 32.2. The molecule has 0 aliphatic carbocycles. The summed E-state index contributed by atoms with van der Waals surface area (Å²) in [6.45, 7) is 3.26. The number of methoxy groups -OCH3 is 1. The highest BCUT2D eigenvalue weighted by molar-refractivity contribution is 7.89. The van der Waals surface area contributed by atoms with Gasteiger partial charge in [0, 0.05) is 26.3 Å². The molecule has 0 radical (unpaired) electrons. The standard InChI is InChI=1S/C13H28N2O4S/c1-18-10-11-19-9-5-4-8-15-20(16,17)12-13-6-2-3-7-14-13/h13-15H,2-12H2,1H3. The van der Waals surface area contributed by atoms with Gasteiger partial charge < -0.3 is 14.8 Å². The molecule has 0 amide bonds. The van der Waals surface area contributed by atoms with Gasteiger partial charge in [0.25, 0.3) is 0 Å². The van der Waals surface area contributed by atoms with Gasteiger partial charge in [-0.3, -0.25) is 0 Å². The lowest BCUT2D eigenvalue weighted by atomic mass is 10.1. The number of sulfonamides is 1. The molecule has 0 aromatic heterocycles. The average molecular weight is 308 g/mol. The fourth-order valence-corrected chi connectivity index (χ4v) is 3.58. The molecule has 20 heavy (non-hydrogen) atoms. The van der Waals surface area contributed by atoms with Crippen LogP contribution in [0.25, 0.3) is 0 Å². The Hall–Kier alpha value is -0.210. The van der Waals surface area contributed by atoms with E-state index >= 15 is 0 Å². The topological polar surface area (TPSA) is 76.7 Å². The van der Waals surface area contributed by atoms with Crippen molar-refractivity contribution in [2.75, 3.05) is 45.8 Å². The molecule has 1 atom stereocenters. The molecule has 2 N–H and O–H groups in total. The first-order valence-electron chi connectivity index (χ1n) is 7.41. The zero-order valence-electron chi connectivity index (χ0n) is 12.4. The summed E-state index contributed by atoms with van der Waals surface area (Å²) in [7, 11) is -1.52. The average Bonchev–Trinajstić information content (AvgIpc) is 2.42. The highest BCUT2D eigenvalue weighted by Gasteiger charge is 2.20. The maximum absolute atomic E-state index is 11.9.